The van der Waals surface area contributed by atoms with E-state index in [1.807, 2.05) is 0 Å². The van der Waals surface area contributed by atoms with Gasteiger partial charge >= 0.3 is 23.9 Å². The summed E-state index contributed by atoms with van der Waals surface area (Å²) in [4.78, 5) is 114. The highest BCUT2D eigenvalue weighted by Gasteiger charge is 2.56. The van der Waals surface area contributed by atoms with Gasteiger partial charge in [-0.25, -0.2) is 0 Å². The Morgan fingerprint density at radius 3 is 0.812 bits per heavy atom. The Bertz CT molecular complexity index is 2660. The third-order valence-corrected chi connectivity index (χ3v) is 11.4. The molecule has 0 saturated heterocycles. The second-order valence-corrected chi connectivity index (χ2v) is 15.1. The summed E-state index contributed by atoms with van der Waals surface area (Å²) < 4.78 is 21.4. The number of ether oxygens (including phenoxy) is 4. The average Bonchev–Trinajstić information content (AvgIpc) is 3.18. The van der Waals surface area contributed by atoms with E-state index in [9.17, 15) is 79.2 Å². The Kier molecular flexibility index (Phi) is 9.06. The van der Waals surface area contributed by atoms with Gasteiger partial charge < -0.3 is 59.8 Å². The third kappa shape index (κ3) is 6.14. The zero-order valence-electron chi connectivity index (χ0n) is 31.9. The minimum Gasteiger partial charge on any atom is -0.508 e. The molecular formula is C44H26O20. The van der Waals surface area contributed by atoms with Crippen molar-refractivity contribution < 1.29 is 98.2 Å². The van der Waals surface area contributed by atoms with Crippen LogP contribution in [0.25, 0.3) is 0 Å². The minimum atomic E-state index is -2.27. The van der Waals surface area contributed by atoms with Crippen molar-refractivity contribution in [1.82, 2.24) is 0 Å². The lowest BCUT2D eigenvalue weighted by atomic mass is 9.67. The predicted molar refractivity (Wildman–Crippen MR) is 205 cm³/mol. The number of hydrogen-bond acceptors (Lipinski definition) is 20. The van der Waals surface area contributed by atoms with Crippen LogP contribution in [0.1, 0.15) is 64.4 Å². The van der Waals surface area contributed by atoms with E-state index in [-0.39, 0.29) is 11.1 Å². The number of phenols is 8. The van der Waals surface area contributed by atoms with Gasteiger partial charge in [-0.1, -0.05) is 24.3 Å². The Balaban J connectivity index is 1.26. The minimum absolute atomic E-state index is 0.369. The first-order valence-corrected chi connectivity index (χ1v) is 18.7. The molecule has 20 nitrogen and oxygen atoms in total. The van der Waals surface area contributed by atoms with Crippen LogP contribution in [-0.2, 0) is 19.2 Å². The van der Waals surface area contributed by atoms with Crippen LogP contribution in [0, 0.1) is 23.7 Å². The summed E-state index contributed by atoms with van der Waals surface area (Å²) in [7, 11) is 0. The summed E-state index contributed by atoms with van der Waals surface area (Å²) >= 11 is 0. The van der Waals surface area contributed by atoms with Gasteiger partial charge in [0, 0.05) is 60.4 Å². The van der Waals surface area contributed by atoms with E-state index in [0.717, 1.165) is 72.8 Å². The molecule has 0 saturated carbocycles. The highest BCUT2D eigenvalue weighted by molar-refractivity contribution is 6.21. The molecule has 0 radical (unpaired) electrons. The van der Waals surface area contributed by atoms with Crippen molar-refractivity contribution in [2.75, 3.05) is 0 Å². The average molecular weight is 875 g/mol. The maximum Gasteiger partial charge on any atom is 0.322 e. The van der Waals surface area contributed by atoms with E-state index < -0.39 is 174 Å². The molecule has 5 aromatic rings. The number of hydrogen-bond donors (Lipinski definition) is 8. The molecule has 9 rings (SSSR count). The number of phenolic OH excluding ortho intramolecular Hbond substituents is 8. The molecule has 4 aliphatic heterocycles. The summed E-state index contributed by atoms with van der Waals surface area (Å²) in [5.74, 6) is -32.6. The van der Waals surface area contributed by atoms with Crippen LogP contribution in [0.2, 0.25) is 0 Å². The van der Waals surface area contributed by atoms with E-state index in [1.165, 1.54) is 0 Å². The van der Waals surface area contributed by atoms with Crippen LogP contribution >= 0.6 is 0 Å². The van der Waals surface area contributed by atoms with Gasteiger partial charge in [0.25, 0.3) is 0 Å². The number of esters is 4. The van der Waals surface area contributed by atoms with Crippen LogP contribution in [0.15, 0.2) is 72.8 Å². The Hall–Kier alpha value is -8.94. The van der Waals surface area contributed by atoms with Crippen molar-refractivity contribution >= 4 is 47.0 Å². The number of rotatable bonds is 6. The zero-order valence-corrected chi connectivity index (χ0v) is 31.9. The second-order valence-electron chi connectivity index (χ2n) is 15.1. The van der Waals surface area contributed by atoms with E-state index >= 15 is 0 Å². The number of fused-ring (bicyclic) bond motifs is 4. The number of carbonyl (C=O) groups is 8. The molecule has 4 heterocycles. The van der Waals surface area contributed by atoms with Crippen molar-refractivity contribution in [2.45, 2.75) is 11.8 Å². The highest BCUT2D eigenvalue weighted by Crippen LogP contribution is 2.52. The first-order chi connectivity index (χ1) is 30.3. The van der Waals surface area contributed by atoms with Gasteiger partial charge in [-0.15, -0.1) is 0 Å². The standard InChI is InChI=1S/C44H26O20/c45-15-5-19(49)29-23(9-15)61-41(57)33(37(29)53)27(34-38(54)30-20(50)6-16(46)10-24(30)62-42(34)58)13-2-1-3-14(4-13)28(35-39(55)31-21(51)7-17(47)11-25(31)63-43(35)59)36-40(56)32-22(52)8-18(48)12-26(32)64-44(36)60/h1-12,27-28,33-36,45-52H. The summed E-state index contributed by atoms with van der Waals surface area (Å²) in [6.45, 7) is 0. The van der Waals surface area contributed by atoms with Crippen LogP contribution in [0.5, 0.6) is 69.0 Å². The first-order valence-electron chi connectivity index (χ1n) is 18.7. The lowest BCUT2D eigenvalue weighted by Gasteiger charge is -2.36. The Labute approximate surface area is 355 Å². The fraction of sp³-hybridized carbons (Fsp3) is 0.136. The topological polar surface area (TPSA) is 335 Å². The predicted octanol–water partition coefficient (Wildman–Crippen LogP) is 3.17. The molecular weight excluding hydrogens is 848 g/mol. The monoisotopic (exact) mass is 874 g/mol. The fourth-order valence-corrected chi connectivity index (χ4v) is 8.76. The van der Waals surface area contributed by atoms with Crippen molar-refractivity contribution in [2.24, 2.45) is 23.7 Å². The van der Waals surface area contributed by atoms with Crippen LogP contribution in [-0.4, -0.2) is 87.9 Å². The van der Waals surface area contributed by atoms with Gasteiger partial charge in [-0.05, 0) is 11.1 Å². The van der Waals surface area contributed by atoms with Crippen molar-refractivity contribution in [3.05, 3.63) is 106 Å². The number of benzene rings is 5. The third-order valence-electron chi connectivity index (χ3n) is 11.4. The molecule has 322 valence electrons. The molecule has 0 aromatic heterocycles. The molecule has 5 aromatic carbocycles. The van der Waals surface area contributed by atoms with E-state index in [2.05, 4.69) is 0 Å². The number of Topliss-reactive ketones (excluding diaryl/α,β-unsaturated/α-hetero) is 4. The Morgan fingerprint density at radius 1 is 0.344 bits per heavy atom. The first kappa shape index (κ1) is 40.5. The summed E-state index contributed by atoms with van der Waals surface area (Å²) in [5.41, 5.74) is -3.44. The molecule has 64 heavy (non-hydrogen) atoms. The molecule has 20 heteroatoms. The molecule has 0 fully saturated rings. The van der Waals surface area contributed by atoms with Gasteiger partial charge in [0.1, 0.15) is 115 Å². The van der Waals surface area contributed by atoms with Gasteiger partial charge in [0.05, 0.1) is 0 Å². The lowest BCUT2D eigenvalue weighted by Crippen LogP contribution is -2.47. The molecule has 8 N–H and O–H groups in total. The summed E-state index contributed by atoms with van der Waals surface area (Å²) in [6.07, 6.45) is 0. The molecule has 4 atom stereocenters. The lowest BCUT2D eigenvalue weighted by molar-refractivity contribution is -0.144. The van der Waals surface area contributed by atoms with Crippen molar-refractivity contribution in [3.63, 3.8) is 0 Å². The molecule has 4 aliphatic rings. The van der Waals surface area contributed by atoms with Crippen LogP contribution in [0.4, 0.5) is 0 Å². The molecule has 0 bridgehead atoms. The largest absolute Gasteiger partial charge is 0.508 e. The molecule has 0 spiro atoms. The van der Waals surface area contributed by atoms with E-state index in [0.29, 0.717) is 0 Å². The number of aromatic hydroxyl groups is 8. The van der Waals surface area contributed by atoms with Crippen LogP contribution < -0.4 is 18.9 Å². The quantitative estimate of drug-likeness (QED) is 0.0690. The smallest absolute Gasteiger partial charge is 0.322 e. The molecule has 0 amide bonds. The second kappa shape index (κ2) is 14.3. The van der Waals surface area contributed by atoms with Crippen LogP contribution in [0.3, 0.4) is 0 Å². The van der Waals surface area contributed by atoms with Gasteiger partial charge in [0.15, 0.2) is 23.1 Å². The fourth-order valence-electron chi connectivity index (χ4n) is 8.76. The number of ketones is 4. The van der Waals surface area contributed by atoms with Crippen molar-refractivity contribution in [1.29, 1.82) is 0 Å². The highest BCUT2D eigenvalue weighted by atomic mass is 16.6. The van der Waals surface area contributed by atoms with E-state index in [4.69, 9.17) is 18.9 Å². The zero-order chi connectivity index (χ0) is 45.8. The summed E-state index contributed by atoms with van der Waals surface area (Å²) in [5, 5.41) is 83.4. The maximum absolute atomic E-state index is 14.4. The summed E-state index contributed by atoms with van der Waals surface area (Å²) in [6, 6.07) is 10.7. The van der Waals surface area contributed by atoms with Crippen molar-refractivity contribution in [3.8, 4) is 69.0 Å². The van der Waals surface area contributed by atoms with E-state index in [1.54, 1.807) is 0 Å². The van der Waals surface area contributed by atoms with Gasteiger partial charge in [-0.3, -0.25) is 38.4 Å². The van der Waals surface area contributed by atoms with Gasteiger partial charge in [-0.2, -0.15) is 0 Å². The molecule has 4 unspecified atom stereocenters. The maximum atomic E-state index is 14.4. The normalized spacial score (nSPS) is 21.0. The van der Waals surface area contributed by atoms with Gasteiger partial charge in [0.2, 0.25) is 0 Å². The number of carbonyl (C=O) groups excluding carboxylic acids is 8. The molecule has 0 aliphatic carbocycles. The SMILES string of the molecule is O=C1Oc2cc(O)cc(O)c2C(=O)C1C(c1cccc(C(C2C(=O)Oc3cc(O)cc(O)c3C2=O)C2C(=O)Oc3cc(O)cc(O)c3C2=O)c1)C1C(=O)Oc2cc(O)cc(O)c2C1=O. The Morgan fingerprint density at radius 2 is 0.578 bits per heavy atom.